The number of rotatable bonds is 6. The van der Waals surface area contributed by atoms with Gasteiger partial charge >= 0.3 is 0 Å². The highest BCUT2D eigenvalue weighted by atomic mass is 35.5. The van der Waals surface area contributed by atoms with Crippen molar-refractivity contribution in [2.45, 2.75) is 43.2 Å². The van der Waals surface area contributed by atoms with Crippen LogP contribution in [0.1, 0.15) is 48.1 Å². The van der Waals surface area contributed by atoms with Crippen LogP contribution in [0.2, 0.25) is 10.0 Å². The van der Waals surface area contributed by atoms with Crippen molar-refractivity contribution in [1.29, 1.82) is 5.26 Å². The zero-order valence-corrected chi connectivity index (χ0v) is 22.0. The lowest BCUT2D eigenvalue weighted by atomic mass is 9.99. The van der Waals surface area contributed by atoms with Crippen molar-refractivity contribution in [2.24, 2.45) is 5.92 Å². The van der Waals surface area contributed by atoms with E-state index in [0.29, 0.717) is 23.0 Å². The van der Waals surface area contributed by atoms with Crippen LogP contribution in [0, 0.1) is 17.2 Å². The molecule has 2 aliphatic rings. The average Bonchev–Trinajstić information content (AvgIpc) is 2.84. The Morgan fingerprint density at radius 1 is 1.11 bits per heavy atom. The second-order valence-electron chi connectivity index (χ2n) is 9.09. The molecule has 8 nitrogen and oxygen atoms in total. The van der Waals surface area contributed by atoms with Crippen LogP contribution < -0.4 is 5.32 Å². The van der Waals surface area contributed by atoms with E-state index in [-0.39, 0.29) is 41.4 Å². The molecule has 0 aliphatic carbocycles. The molecule has 0 bridgehead atoms. The van der Waals surface area contributed by atoms with Crippen molar-refractivity contribution < 1.29 is 18.0 Å². The number of hydrogen-bond donors (Lipinski definition) is 1. The molecule has 11 heteroatoms. The molecule has 1 N–H and O–H groups in total. The lowest BCUT2D eigenvalue weighted by Gasteiger charge is -2.36. The summed E-state index contributed by atoms with van der Waals surface area (Å²) in [5.41, 5.74) is 0.986. The van der Waals surface area contributed by atoms with Crippen LogP contribution in [0.25, 0.3) is 0 Å². The standard InChI is InChI=1S/C25H26Cl2N4O4S/c1-16(18-8-9-21(26)22(27)12-18)29-24(32)23-7-2-3-10-31(23)25(33)19-5-4-6-20(11-19)36(34,35)30-14-17(13-28)15-30/h4-6,8-9,11-12,16-17,23H,2-3,7,10,14-15H2,1H3,(H,29,32)/t16?,23-/m1/s1. The number of benzene rings is 2. The molecule has 0 aromatic heterocycles. The lowest BCUT2D eigenvalue weighted by Crippen LogP contribution is -2.52. The minimum absolute atomic E-state index is 0.00371. The number of nitrogens with zero attached hydrogens (tertiary/aromatic N) is 3. The van der Waals surface area contributed by atoms with Gasteiger partial charge in [-0.05, 0) is 62.1 Å². The third kappa shape index (κ3) is 5.37. The van der Waals surface area contributed by atoms with Gasteiger partial charge in [-0.3, -0.25) is 9.59 Å². The summed E-state index contributed by atoms with van der Waals surface area (Å²) in [6, 6.07) is 12.0. The highest BCUT2D eigenvalue weighted by Crippen LogP contribution is 2.28. The summed E-state index contributed by atoms with van der Waals surface area (Å²) in [4.78, 5) is 28.2. The van der Waals surface area contributed by atoms with Gasteiger partial charge < -0.3 is 10.2 Å². The Morgan fingerprint density at radius 2 is 1.86 bits per heavy atom. The summed E-state index contributed by atoms with van der Waals surface area (Å²) in [6.45, 7) is 2.50. The molecule has 0 radical (unpaired) electrons. The van der Waals surface area contributed by atoms with Crippen LogP contribution in [-0.4, -0.2) is 55.1 Å². The molecule has 1 unspecified atom stereocenters. The molecule has 2 fully saturated rings. The van der Waals surface area contributed by atoms with Crippen molar-refractivity contribution >= 4 is 45.0 Å². The Labute approximate surface area is 220 Å². The monoisotopic (exact) mass is 548 g/mol. The third-order valence-electron chi connectivity index (χ3n) is 6.62. The summed E-state index contributed by atoms with van der Waals surface area (Å²) < 4.78 is 27.0. The number of carbonyl (C=O) groups is 2. The molecule has 2 atom stereocenters. The number of piperidine rings is 1. The van der Waals surface area contributed by atoms with E-state index in [1.165, 1.54) is 27.4 Å². The van der Waals surface area contributed by atoms with E-state index in [1.54, 1.807) is 24.3 Å². The van der Waals surface area contributed by atoms with Gasteiger partial charge in [-0.2, -0.15) is 9.57 Å². The predicted octanol–water partition coefficient (Wildman–Crippen LogP) is 4.01. The Kier molecular flexibility index (Phi) is 7.90. The number of hydrogen-bond acceptors (Lipinski definition) is 5. The highest BCUT2D eigenvalue weighted by molar-refractivity contribution is 7.89. The largest absolute Gasteiger partial charge is 0.348 e. The summed E-state index contributed by atoms with van der Waals surface area (Å²) in [5, 5.41) is 12.7. The van der Waals surface area contributed by atoms with Crippen LogP contribution in [0.15, 0.2) is 47.4 Å². The van der Waals surface area contributed by atoms with Crippen LogP contribution in [-0.2, 0) is 14.8 Å². The molecule has 36 heavy (non-hydrogen) atoms. The number of likely N-dealkylation sites (tertiary alicyclic amines) is 1. The molecule has 2 aromatic carbocycles. The minimum Gasteiger partial charge on any atom is -0.348 e. The van der Waals surface area contributed by atoms with E-state index < -0.39 is 22.0 Å². The molecule has 2 amide bonds. The van der Waals surface area contributed by atoms with E-state index >= 15 is 0 Å². The fraction of sp³-hybridized carbons (Fsp3) is 0.400. The van der Waals surface area contributed by atoms with Crippen LogP contribution in [0.5, 0.6) is 0 Å². The zero-order chi connectivity index (χ0) is 26.0. The van der Waals surface area contributed by atoms with E-state index in [4.69, 9.17) is 28.5 Å². The molecular weight excluding hydrogens is 523 g/mol. The van der Waals surface area contributed by atoms with E-state index in [2.05, 4.69) is 11.4 Å². The number of amides is 2. The molecular formula is C25H26Cl2N4O4S. The first kappa shape index (κ1) is 26.4. The lowest BCUT2D eigenvalue weighted by molar-refractivity contribution is -0.127. The second-order valence-corrected chi connectivity index (χ2v) is 11.8. The third-order valence-corrected chi connectivity index (χ3v) is 9.18. The maximum absolute atomic E-state index is 13.4. The van der Waals surface area contributed by atoms with Crippen molar-refractivity contribution in [1.82, 2.24) is 14.5 Å². The first-order valence-corrected chi connectivity index (χ1v) is 13.9. The quantitative estimate of drug-likeness (QED) is 0.586. The average molecular weight is 549 g/mol. The predicted molar refractivity (Wildman–Crippen MR) is 136 cm³/mol. The van der Waals surface area contributed by atoms with Gasteiger partial charge in [-0.25, -0.2) is 8.42 Å². The van der Waals surface area contributed by atoms with Gasteiger partial charge in [-0.15, -0.1) is 0 Å². The molecule has 0 saturated carbocycles. The van der Waals surface area contributed by atoms with E-state index in [0.717, 1.165) is 18.4 Å². The number of halogens is 2. The summed E-state index contributed by atoms with van der Waals surface area (Å²) in [7, 11) is -3.80. The van der Waals surface area contributed by atoms with Crippen molar-refractivity contribution in [3.05, 3.63) is 63.6 Å². The summed E-state index contributed by atoms with van der Waals surface area (Å²) in [5.74, 6) is -0.996. The van der Waals surface area contributed by atoms with Gasteiger partial charge in [0.2, 0.25) is 15.9 Å². The van der Waals surface area contributed by atoms with Gasteiger partial charge in [0.25, 0.3) is 5.91 Å². The molecule has 2 aliphatic heterocycles. The molecule has 2 aromatic rings. The van der Waals surface area contributed by atoms with Crippen molar-refractivity contribution in [3.63, 3.8) is 0 Å². The van der Waals surface area contributed by atoms with E-state index in [9.17, 15) is 18.0 Å². The molecule has 4 rings (SSSR count). The Balaban J connectivity index is 1.50. The van der Waals surface area contributed by atoms with Gasteiger partial charge in [0.15, 0.2) is 0 Å². The first-order chi connectivity index (χ1) is 17.1. The fourth-order valence-electron chi connectivity index (χ4n) is 4.44. The molecule has 2 heterocycles. The first-order valence-electron chi connectivity index (χ1n) is 11.7. The number of nitriles is 1. The van der Waals surface area contributed by atoms with Gasteiger partial charge in [0.05, 0.1) is 33.0 Å². The summed E-state index contributed by atoms with van der Waals surface area (Å²) >= 11 is 12.1. The minimum atomic E-state index is -3.80. The van der Waals surface area contributed by atoms with Gasteiger partial charge in [-0.1, -0.05) is 35.3 Å². The van der Waals surface area contributed by atoms with Gasteiger partial charge in [0, 0.05) is 25.2 Å². The molecule has 2 saturated heterocycles. The smallest absolute Gasteiger partial charge is 0.254 e. The number of nitrogens with one attached hydrogen (secondary N) is 1. The van der Waals surface area contributed by atoms with Crippen LogP contribution in [0.3, 0.4) is 0 Å². The van der Waals surface area contributed by atoms with E-state index in [1.807, 2.05) is 6.92 Å². The molecule has 0 spiro atoms. The zero-order valence-electron chi connectivity index (χ0n) is 19.7. The van der Waals surface area contributed by atoms with Crippen LogP contribution in [0.4, 0.5) is 0 Å². The van der Waals surface area contributed by atoms with Crippen molar-refractivity contribution in [3.8, 4) is 6.07 Å². The maximum Gasteiger partial charge on any atom is 0.254 e. The second kappa shape index (κ2) is 10.8. The Hall–Kier alpha value is -2.64. The Bertz CT molecular complexity index is 1320. The fourth-order valence-corrected chi connectivity index (χ4v) is 6.33. The SMILES string of the molecule is CC(NC(=O)[C@H]1CCCCN1C(=O)c1cccc(S(=O)(=O)N2CC(C#N)C2)c1)c1ccc(Cl)c(Cl)c1. The maximum atomic E-state index is 13.4. The molecule has 190 valence electrons. The normalized spacial score (nSPS) is 19.7. The Morgan fingerprint density at radius 3 is 2.56 bits per heavy atom. The highest BCUT2D eigenvalue weighted by Gasteiger charge is 2.38. The summed E-state index contributed by atoms with van der Waals surface area (Å²) in [6.07, 6.45) is 2.05. The van der Waals surface area contributed by atoms with Gasteiger partial charge in [0.1, 0.15) is 6.04 Å². The topological polar surface area (TPSA) is 111 Å². The van der Waals surface area contributed by atoms with Crippen LogP contribution >= 0.6 is 23.2 Å². The van der Waals surface area contributed by atoms with Crippen molar-refractivity contribution in [2.75, 3.05) is 19.6 Å². The number of carbonyl (C=O) groups excluding carboxylic acids is 2. The number of sulfonamides is 1.